The Kier molecular flexibility index (Phi) is 9.20. The second-order valence-corrected chi connectivity index (χ2v) is 16.5. The Bertz CT molecular complexity index is 3640. The van der Waals surface area contributed by atoms with E-state index in [0.717, 1.165) is 28.3 Å². The second kappa shape index (κ2) is 15.8. The van der Waals surface area contributed by atoms with Gasteiger partial charge in [-0.15, -0.1) is 0 Å². The fourth-order valence-corrected chi connectivity index (χ4v) is 9.77. The molecular formula is C62H42N2. The molecule has 1 heterocycles. The number of hydrogen-bond acceptors (Lipinski definition) is 1. The van der Waals surface area contributed by atoms with Gasteiger partial charge < -0.3 is 9.47 Å². The fraction of sp³-hybridized carbons (Fsp3) is 0. The van der Waals surface area contributed by atoms with Gasteiger partial charge in [-0.1, -0.05) is 182 Å². The molecule has 1 aromatic heterocycles. The molecule has 0 aliphatic rings. The first-order chi connectivity index (χ1) is 31.7. The van der Waals surface area contributed by atoms with Crippen molar-refractivity contribution in [2.24, 2.45) is 0 Å². The Morgan fingerprint density at radius 3 is 1.55 bits per heavy atom. The van der Waals surface area contributed by atoms with Crippen LogP contribution in [-0.2, 0) is 0 Å². The minimum atomic E-state index is 1.09. The van der Waals surface area contributed by atoms with Gasteiger partial charge in [0.05, 0.1) is 11.0 Å². The third-order valence-corrected chi connectivity index (χ3v) is 12.8. The molecule has 2 heteroatoms. The van der Waals surface area contributed by atoms with Gasteiger partial charge >= 0.3 is 0 Å². The zero-order chi connectivity index (χ0) is 42.4. The zero-order valence-corrected chi connectivity index (χ0v) is 35.1. The van der Waals surface area contributed by atoms with Gasteiger partial charge in [-0.25, -0.2) is 0 Å². The van der Waals surface area contributed by atoms with E-state index in [0.29, 0.717) is 0 Å². The number of rotatable bonds is 8. The van der Waals surface area contributed by atoms with Gasteiger partial charge in [0.25, 0.3) is 0 Å². The molecule has 0 saturated heterocycles. The van der Waals surface area contributed by atoms with Crippen LogP contribution in [0.3, 0.4) is 0 Å². The predicted octanol–water partition coefficient (Wildman–Crippen LogP) is 17.2. The topological polar surface area (TPSA) is 8.17 Å². The van der Waals surface area contributed by atoms with Crippen molar-refractivity contribution in [1.82, 2.24) is 4.57 Å². The molecule has 11 aromatic carbocycles. The molecule has 0 saturated carbocycles. The van der Waals surface area contributed by atoms with E-state index in [-0.39, 0.29) is 0 Å². The summed E-state index contributed by atoms with van der Waals surface area (Å²) in [6, 6.07) is 92.6. The summed E-state index contributed by atoms with van der Waals surface area (Å²) in [4.78, 5) is 2.39. The highest BCUT2D eigenvalue weighted by atomic mass is 15.1. The number of fused-ring (bicyclic) bond motifs is 6. The summed E-state index contributed by atoms with van der Waals surface area (Å²) in [5, 5.41) is 7.54. The number of hydrogen-bond donors (Lipinski definition) is 0. The Balaban J connectivity index is 0.993. The van der Waals surface area contributed by atoms with E-state index in [1.165, 1.54) is 82.3 Å². The van der Waals surface area contributed by atoms with Gasteiger partial charge in [0.2, 0.25) is 0 Å². The van der Waals surface area contributed by atoms with E-state index in [2.05, 4.69) is 264 Å². The smallest absolute Gasteiger partial charge is 0.0547 e. The van der Waals surface area contributed by atoms with Crippen molar-refractivity contribution in [2.45, 2.75) is 0 Å². The van der Waals surface area contributed by atoms with Gasteiger partial charge in [0.1, 0.15) is 0 Å². The van der Waals surface area contributed by atoms with Crippen LogP contribution < -0.4 is 4.90 Å². The molecule has 300 valence electrons. The molecule has 0 spiro atoms. The molecule has 12 rings (SSSR count). The van der Waals surface area contributed by atoms with Gasteiger partial charge in [-0.05, 0) is 139 Å². The lowest BCUT2D eigenvalue weighted by Gasteiger charge is -2.26. The number of anilines is 3. The summed E-state index contributed by atoms with van der Waals surface area (Å²) in [7, 11) is 0. The van der Waals surface area contributed by atoms with Gasteiger partial charge in [-0.2, -0.15) is 0 Å². The average Bonchev–Trinajstić information content (AvgIpc) is 3.72. The molecule has 0 radical (unpaired) electrons. The number of benzene rings is 11. The SMILES string of the molecule is c1ccc(-c2cccc(-c3ccc(N(c4ccc(-c5cc6ccccc6c6ccccc56)cc4)c4cccc(-c5cccc6c5c5ccccc5n6-c5ccccc5)c4)cc3)c2)cc1. The monoisotopic (exact) mass is 814 g/mol. The van der Waals surface area contributed by atoms with Gasteiger partial charge in [-0.3, -0.25) is 0 Å². The number of aromatic nitrogens is 1. The van der Waals surface area contributed by atoms with Crippen LogP contribution in [0.4, 0.5) is 17.1 Å². The summed E-state index contributed by atoms with van der Waals surface area (Å²) in [5.74, 6) is 0. The summed E-state index contributed by atoms with van der Waals surface area (Å²) >= 11 is 0. The lowest BCUT2D eigenvalue weighted by Crippen LogP contribution is -2.10. The van der Waals surface area contributed by atoms with Crippen LogP contribution in [0.25, 0.3) is 93.5 Å². The zero-order valence-electron chi connectivity index (χ0n) is 35.1. The first kappa shape index (κ1) is 37.3. The van der Waals surface area contributed by atoms with Crippen molar-refractivity contribution in [3.8, 4) is 50.2 Å². The predicted molar refractivity (Wildman–Crippen MR) is 272 cm³/mol. The summed E-state index contributed by atoms with van der Waals surface area (Å²) < 4.78 is 2.39. The van der Waals surface area contributed by atoms with E-state index in [4.69, 9.17) is 0 Å². The van der Waals surface area contributed by atoms with Crippen LogP contribution in [0.1, 0.15) is 0 Å². The van der Waals surface area contributed by atoms with Crippen molar-refractivity contribution in [1.29, 1.82) is 0 Å². The normalized spacial score (nSPS) is 11.4. The molecule has 0 amide bonds. The van der Waals surface area contributed by atoms with Gasteiger partial charge in [0, 0.05) is 33.5 Å². The standard InChI is InChI=1S/C62H42N2/c1-3-16-43(17-4-1)46-19-13-20-47(40-46)44-32-36-51(37-33-44)63(52-38-34-45(35-39-52)59-42-49-18-7-8-25-54(49)56-26-9-10-27-57(56)59)53-24-14-21-48(41-53)55-29-15-31-61-62(55)58-28-11-12-30-60(58)64(61)50-22-5-2-6-23-50/h1-42H. The van der Waals surface area contributed by atoms with Crippen molar-refractivity contribution in [3.63, 3.8) is 0 Å². The maximum atomic E-state index is 2.39. The maximum Gasteiger partial charge on any atom is 0.0547 e. The summed E-state index contributed by atoms with van der Waals surface area (Å²) in [6.45, 7) is 0. The van der Waals surface area contributed by atoms with Crippen LogP contribution >= 0.6 is 0 Å². The minimum Gasteiger partial charge on any atom is -0.310 e. The molecule has 2 nitrogen and oxygen atoms in total. The Hall–Kier alpha value is -8.46. The van der Waals surface area contributed by atoms with Crippen LogP contribution in [-0.4, -0.2) is 4.57 Å². The molecule has 64 heavy (non-hydrogen) atoms. The highest BCUT2D eigenvalue weighted by Gasteiger charge is 2.19. The Labute approximate surface area is 373 Å². The van der Waals surface area contributed by atoms with Crippen molar-refractivity contribution < 1.29 is 0 Å². The maximum absolute atomic E-state index is 2.39. The molecule has 0 unspecified atom stereocenters. The van der Waals surface area contributed by atoms with Crippen molar-refractivity contribution >= 4 is 60.4 Å². The molecule has 0 atom stereocenters. The van der Waals surface area contributed by atoms with Crippen molar-refractivity contribution in [2.75, 3.05) is 4.90 Å². The van der Waals surface area contributed by atoms with E-state index < -0.39 is 0 Å². The molecule has 12 aromatic rings. The van der Waals surface area contributed by atoms with Crippen LogP contribution in [0, 0.1) is 0 Å². The largest absolute Gasteiger partial charge is 0.310 e. The van der Waals surface area contributed by atoms with E-state index >= 15 is 0 Å². The van der Waals surface area contributed by atoms with Crippen LogP contribution in [0.5, 0.6) is 0 Å². The third-order valence-electron chi connectivity index (χ3n) is 12.8. The molecule has 0 fully saturated rings. The highest BCUT2D eigenvalue weighted by molar-refractivity contribution is 6.16. The van der Waals surface area contributed by atoms with E-state index in [9.17, 15) is 0 Å². The van der Waals surface area contributed by atoms with Crippen LogP contribution in [0.15, 0.2) is 255 Å². The summed E-state index contributed by atoms with van der Waals surface area (Å²) in [5.41, 5.74) is 16.4. The summed E-state index contributed by atoms with van der Waals surface area (Å²) in [6.07, 6.45) is 0. The highest BCUT2D eigenvalue weighted by Crippen LogP contribution is 2.43. The molecule has 0 N–H and O–H groups in total. The third kappa shape index (κ3) is 6.52. The number of nitrogens with zero attached hydrogens (tertiary/aromatic N) is 2. The first-order valence-electron chi connectivity index (χ1n) is 22.0. The van der Waals surface area contributed by atoms with Gasteiger partial charge in [0.15, 0.2) is 0 Å². The molecular weight excluding hydrogens is 773 g/mol. The minimum absolute atomic E-state index is 1.09. The van der Waals surface area contributed by atoms with Crippen molar-refractivity contribution in [3.05, 3.63) is 255 Å². The van der Waals surface area contributed by atoms with E-state index in [1.54, 1.807) is 0 Å². The quantitative estimate of drug-likeness (QED) is 0.139. The first-order valence-corrected chi connectivity index (χ1v) is 22.0. The Morgan fingerprint density at radius 1 is 0.266 bits per heavy atom. The van der Waals surface area contributed by atoms with Crippen LogP contribution in [0.2, 0.25) is 0 Å². The molecule has 0 bridgehead atoms. The lowest BCUT2D eigenvalue weighted by atomic mass is 9.93. The fourth-order valence-electron chi connectivity index (χ4n) is 9.77. The Morgan fingerprint density at radius 2 is 0.797 bits per heavy atom. The lowest BCUT2D eigenvalue weighted by molar-refractivity contribution is 1.18. The average molecular weight is 815 g/mol. The second-order valence-electron chi connectivity index (χ2n) is 16.5. The number of para-hydroxylation sites is 2. The van der Waals surface area contributed by atoms with E-state index in [1.807, 2.05) is 0 Å². The molecule has 0 aliphatic heterocycles. The molecule has 0 aliphatic carbocycles.